The van der Waals surface area contributed by atoms with Crippen molar-refractivity contribution in [2.75, 3.05) is 33.5 Å². The molecule has 3 N–H and O–H groups in total. The molecule has 5 heteroatoms. The number of amides is 1. The Kier molecular flexibility index (Phi) is 7.29. The summed E-state index contributed by atoms with van der Waals surface area (Å²) in [4.78, 5) is 11.6. The molecule has 0 rings (SSSR count). The number of hydrogen-bond acceptors (Lipinski definition) is 4. The molecule has 0 aliphatic heterocycles. The van der Waals surface area contributed by atoms with Crippen LogP contribution < -0.4 is 11.1 Å². The quantitative estimate of drug-likeness (QED) is 0.584. The Morgan fingerprint density at radius 2 is 2.06 bits per heavy atom. The van der Waals surface area contributed by atoms with E-state index in [2.05, 4.69) is 5.32 Å². The fourth-order valence-corrected chi connectivity index (χ4v) is 1.09. The van der Waals surface area contributed by atoms with Crippen molar-refractivity contribution in [1.82, 2.24) is 5.32 Å². The molecule has 1 atom stereocenters. The minimum atomic E-state index is -0.373. The largest absolute Gasteiger partial charge is 0.382 e. The lowest BCUT2D eigenvalue weighted by atomic mass is 9.88. The second kappa shape index (κ2) is 7.60. The second-order valence-corrected chi connectivity index (χ2v) is 4.37. The Morgan fingerprint density at radius 3 is 2.50 bits per heavy atom. The third-order valence-corrected chi connectivity index (χ3v) is 2.79. The molecule has 0 radical (unpaired) electrons. The van der Waals surface area contributed by atoms with Gasteiger partial charge in [-0.3, -0.25) is 4.79 Å². The predicted molar refractivity (Wildman–Crippen MR) is 63.1 cm³/mol. The molecule has 0 fully saturated rings. The molecular formula is C11H24N2O3. The van der Waals surface area contributed by atoms with Crippen molar-refractivity contribution in [3.8, 4) is 0 Å². The van der Waals surface area contributed by atoms with Crippen LogP contribution >= 0.6 is 0 Å². The third kappa shape index (κ3) is 5.44. The summed E-state index contributed by atoms with van der Waals surface area (Å²) in [5.74, 6) is 0.137. The molecular weight excluding hydrogens is 208 g/mol. The van der Waals surface area contributed by atoms with E-state index in [-0.39, 0.29) is 24.0 Å². The fraction of sp³-hybridized carbons (Fsp3) is 0.909. The minimum absolute atomic E-state index is 0.0473. The monoisotopic (exact) mass is 232 g/mol. The molecule has 96 valence electrons. The van der Waals surface area contributed by atoms with Crippen LogP contribution in [0.15, 0.2) is 0 Å². The molecule has 1 unspecified atom stereocenters. The van der Waals surface area contributed by atoms with E-state index in [1.165, 1.54) is 0 Å². The van der Waals surface area contributed by atoms with Gasteiger partial charge < -0.3 is 20.5 Å². The summed E-state index contributed by atoms with van der Waals surface area (Å²) in [6.45, 7) is 7.36. The van der Waals surface area contributed by atoms with Gasteiger partial charge in [0.25, 0.3) is 0 Å². The van der Waals surface area contributed by atoms with Gasteiger partial charge in [0, 0.05) is 13.7 Å². The summed E-state index contributed by atoms with van der Waals surface area (Å²) in [5, 5.41) is 2.89. The van der Waals surface area contributed by atoms with Crippen molar-refractivity contribution in [3.63, 3.8) is 0 Å². The van der Waals surface area contributed by atoms with Crippen LogP contribution in [-0.2, 0) is 14.3 Å². The van der Waals surface area contributed by atoms with Gasteiger partial charge in [0.1, 0.15) is 6.61 Å². The van der Waals surface area contributed by atoms with E-state index in [9.17, 15) is 4.79 Å². The van der Waals surface area contributed by atoms with Crippen molar-refractivity contribution in [2.24, 2.45) is 11.7 Å². The zero-order valence-electron chi connectivity index (χ0n) is 10.7. The predicted octanol–water partition coefficient (Wildman–Crippen LogP) is 0.139. The van der Waals surface area contributed by atoms with Crippen LogP contribution in [-0.4, -0.2) is 44.9 Å². The molecule has 0 heterocycles. The molecule has 0 saturated carbocycles. The van der Waals surface area contributed by atoms with Crippen LogP contribution in [0, 0.1) is 5.92 Å². The first-order valence-corrected chi connectivity index (χ1v) is 5.54. The number of ether oxygens (including phenoxy) is 2. The lowest BCUT2D eigenvalue weighted by Crippen LogP contribution is -2.55. The van der Waals surface area contributed by atoms with Gasteiger partial charge in [-0.25, -0.2) is 0 Å². The molecule has 0 spiro atoms. The summed E-state index contributed by atoms with van der Waals surface area (Å²) < 4.78 is 9.94. The summed E-state index contributed by atoms with van der Waals surface area (Å²) in [7, 11) is 1.59. The molecule has 0 aromatic heterocycles. The van der Waals surface area contributed by atoms with E-state index in [1.54, 1.807) is 7.11 Å². The van der Waals surface area contributed by atoms with Crippen molar-refractivity contribution in [2.45, 2.75) is 26.3 Å². The van der Waals surface area contributed by atoms with Crippen LogP contribution in [0.3, 0.4) is 0 Å². The summed E-state index contributed by atoms with van der Waals surface area (Å²) >= 11 is 0. The number of rotatable bonds is 8. The molecule has 5 nitrogen and oxygen atoms in total. The Labute approximate surface area is 97.7 Å². The topological polar surface area (TPSA) is 73.6 Å². The fourth-order valence-electron chi connectivity index (χ4n) is 1.09. The summed E-state index contributed by atoms with van der Waals surface area (Å²) in [5.41, 5.74) is 5.28. The van der Waals surface area contributed by atoms with Gasteiger partial charge in [-0.15, -0.1) is 0 Å². The van der Waals surface area contributed by atoms with Gasteiger partial charge in [-0.1, -0.05) is 13.8 Å². The molecule has 0 aliphatic rings. The van der Waals surface area contributed by atoms with Crippen LogP contribution in [0.1, 0.15) is 20.8 Å². The Morgan fingerprint density at radius 1 is 1.44 bits per heavy atom. The lowest BCUT2D eigenvalue weighted by Gasteiger charge is -2.33. The maximum Gasteiger partial charge on any atom is 0.246 e. The van der Waals surface area contributed by atoms with E-state index >= 15 is 0 Å². The Bertz CT molecular complexity index is 209. The summed E-state index contributed by atoms with van der Waals surface area (Å²) in [6, 6.07) is 0. The van der Waals surface area contributed by atoms with Gasteiger partial charge in [-0.05, 0) is 12.8 Å². The van der Waals surface area contributed by atoms with E-state index in [4.69, 9.17) is 15.2 Å². The first-order chi connectivity index (χ1) is 7.46. The number of methoxy groups -OCH3 is 1. The number of hydrogen-bond donors (Lipinski definition) is 2. The Hall–Kier alpha value is -0.650. The van der Waals surface area contributed by atoms with Crippen LogP contribution in [0.5, 0.6) is 0 Å². The average Bonchev–Trinajstić information content (AvgIpc) is 2.24. The average molecular weight is 232 g/mol. The maximum atomic E-state index is 11.6. The normalized spacial score (nSPS) is 14.9. The van der Waals surface area contributed by atoms with Crippen molar-refractivity contribution >= 4 is 5.91 Å². The highest BCUT2D eigenvalue weighted by Crippen LogP contribution is 2.14. The SMILES string of the molecule is COCCOCC(=O)NC(C)(CN)C(C)C. The maximum absolute atomic E-state index is 11.6. The van der Waals surface area contributed by atoms with Gasteiger partial charge in [0.15, 0.2) is 0 Å². The number of carbonyl (C=O) groups is 1. The van der Waals surface area contributed by atoms with Gasteiger partial charge >= 0.3 is 0 Å². The third-order valence-electron chi connectivity index (χ3n) is 2.79. The standard InChI is InChI=1S/C11H24N2O3/c1-9(2)11(3,8-12)13-10(14)7-16-6-5-15-4/h9H,5-8,12H2,1-4H3,(H,13,14). The van der Waals surface area contributed by atoms with E-state index in [0.717, 1.165) is 0 Å². The van der Waals surface area contributed by atoms with E-state index in [1.807, 2.05) is 20.8 Å². The Balaban J connectivity index is 3.93. The number of nitrogens with two attached hydrogens (primary N) is 1. The minimum Gasteiger partial charge on any atom is -0.382 e. The van der Waals surface area contributed by atoms with Crippen molar-refractivity contribution in [3.05, 3.63) is 0 Å². The zero-order valence-corrected chi connectivity index (χ0v) is 10.7. The van der Waals surface area contributed by atoms with Gasteiger partial charge in [-0.2, -0.15) is 0 Å². The number of carbonyl (C=O) groups excluding carboxylic acids is 1. The number of nitrogens with one attached hydrogen (secondary N) is 1. The highest BCUT2D eigenvalue weighted by Gasteiger charge is 2.28. The highest BCUT2D eigenvalue weighted by atomic mass is 16.5. The van der Waals surface area contributed by atoms with Gasteiger partial charge in [0.2, 0.25) is 5.91 Å². The van der Waals surface area contributed by atoms with Crippen LogP contribution in [0.4, 0.5) is 0 Å². The first kappa shape index (κ1) is 15.3. The van der Waals surface area contributed by atoms with Crippen molar-refractivity contribution in [1.29, 1.82) is 0 Å². The molecule has 0 bridgehead atoms. The highest BCUT2D eigenvalue weighted by molar-refractivity contribution is 5.78. The summed E-state index contributed by atoms with van der Waals surface area (Å²) in [6.07, 6.45) is 0. The molecule has 0 saturated heterocycles. The van der Waals surface area contributed by atoms with Crippen LogP contribution in [0.25, 0.3) is 0 Å². The molecule has 1 amide bonds. The smallest absolute Gasteiger partial charge is 0.246 e. The van der Waals surface area contributed by atoms with Gasteiger partial charge in [0.05, 0.1) is 18.8 Å². The molecule has 0 aromatic carbocycles. The molecule has 16 heavy (non-hydrogen) atoms. The van der Waals surface area contributed by atoms with E-state index < -0.39 is 0 Å². The van der Waals surface area contributed by atoms with Crippen LogP contribution in [0.2, 0.25) is 0 Å². The molecule has 0 aromatic rings. The second-order valence-electron chi connectivity index (χ2n) is 4.37. The molecule has 0 aliphatic carbocycles. The lowest BCUT2D eigenvalue weighted by molar-refractivity contribution is -0.128. The van der Waals surface area contributed by atoms with E-state index in [0.29, 0.717) is 19.8 Å². The first-order valence-electron chi connectivity index (χ1n) is 5.54. The van der Waals surface area contributed by atoms with Crippen molar-refractivity contribution < 1.29 is 14.3 Å². The zero-order chi connectivity index (χ0) is 12.6.